The van der Waals surface area contributed by atoms with E-state index in [4.69, 9.17) is 0 Å². The van der Waals surface area contributed by atoms with Crippen molar-refractivity contribution in [1.82, 2.24) is 0 Å². The van der Waals surface area contributed by atoms with E-state index in [1.54, 1.807) is 23.1 Å². The van der Waals surface area contributed by atoms with Crippen molar-refractivity contribution < 1.29 is 9.72 Å². The van der Waals surface area contributed by atoms with E-state index in [9.17, 15) is 14.9 Å². The third-order valence-electron chi connectivity index (χ3n) is 4.71. The zero-order valence-corrected chi connectivity index (χ0v) is 15.9. The molecule has 0 spiro atoms. The first-order chi connectivity index (χ1) is 12.7. The third kappa shape index (κ3) is 3.67. The molecule has 0 aromatic heterocycles. The summed E-state index contributed by atoms with van der Waals surface area (Å²) in [6.07, 6.45) is 5.30. The average molecular weight is 362 g/mol. The number of rotatable bonds is 3. The Bertz CT molecular complexity index is 970. The number of anilines is 1. The number of fused-ring (bicyclic) bond motifs is 1. The molecule has 0 saturated heterocycles. The molecule has 1 heterocycles. The summed E-state index contributed by atoms with van der Waals surface area (Å²) in [5, 5.41) is 10.7. The molecular weight excluding hydrogens is 340 g/mol. The van der Waals surface area contributed by atoms with Gasteiger partial charge >= 0.3 is 0 Å². The molecule has 1 amide bonds. The highest BCUT2D eigenvalue weighted by Crippen LogP contribution is 2.39. The molecular formula is C22H22N2O3. The molecule has 0 atom stereocenters. The fourth-order valence-corrected chi connectivity index (χ4v) is 3.49. The van der Waals surface area contributed by atoms with Crippen LogP contribution in [0.25, 0.3) is 11.6 Å². The van der Waals surface area contributed by atoms with Gasteiger partial charge in [-0.2, -0.15) is 0 Å². The van der Waals surface area contributed by atoms with E-state index in [0.717, 1.165) is 28.0 Å². The Morgan fingerprint density at radius 2 is 1.78 bits per heavy atom. The lowest BCUT2D eigenvalue weighted by molar-refractivity contribution is -0.384. The summed E-state index contributed by atoms with van der Waals surface area (Å²) in [6, 6.07) is 12.2. The van der Waals surface area contributed by atoms with E-state index in [0.29, 0.717) is 0 Å². The number of carbonyl (C=O) groups is 1. The maximum atomic E-state index is 13.0. The normalized spacial score (nSPS) is 15.4. The molecule has 138 valence electrons. The minimum absolute atomic E-state index is 0.0284. The quantitative estimate of drug-likeness (QED) is 0.431. The Morgan fingerprint density at radius 1 is 1.11 bits per heavy atom. The van der Waals surface area contributed by atoms with E-state index in [2.05, 4.69) is 13.0 Å². The first kappa shape index (κ1) is 18.6. The SMILES string of the molecule is CC1=CC(C)(C)N(C(=O)C=Cc2ccc([N+](=O)[O-])cc2)c2cc(C)ccc21. The fourth-order valence-electron chi connectivity index (χ4n) is 3.49. The van der Waals surface area contributed by atoms with Gasteiger partial charge in [-0.25, -0.2) is 0 Å². The molecule has 0 aliphatic carbocycles. The smallest absolute Gasteiger partial charge is 0.269 e. The number of non-ortho nitro benzene ring substituents is 1. The van der Waals surface area contributed by atoms with Crippen molar-refractivity contribution in [1.29, 1.82) is 0 Å². The van der Waals surface area contributed by atoms with Crippen LogP contribution in [0.3, 0.4) is 0 Å². The number of carbonyl (C=O) groups excluding carboxylic acids is 1. The second-order valence-corrected chi connectivity index (χ2v) is 7.36. The number of allylic oxidation sites excluding steroid dienone is 1. The van der Waals surface area contributed by atoms with Crippen LogP contribution in [0.1, 0.15) is 37.5 Å². The van der Waals surface area contributed by atoms with E-state index >= 15 is 0 Å². The van der Waals surface area contributed by atoms with E-state index in [-0.39, 0.29) is 11.6 Å². The number of hydrogen-bond acceptors (Lipinski definition) is 3. The van der Waals surface area contributed by atoms with Crippen molar-refractivity contribution in [2.45, 2.75) is 33.2 Å². The summed E-state index contributed by atoms with van der Waals surface area (Å²) in [4.78, 5) is 25.1. The molecule has 0 N–H and O–H groups in total. The van der Waals surface area contributed by atoms with E-state index < -0.39 is 10.5 Å². The van der Waals surface area contributed by atoms with Crippen LogP contribution < -0.4 is 4.90 Å². The minimum atomic E-state index is -0.457. The molecule has 27 heavy (non-hydrogen) atoms. The van der Waals surface area contributed by atoms with Crippen LogP contribution in [0, 0.1) is 17.0 Å². The Hall–Kier alpha value is -3.21. The average Bonchev–Trinajstić information content (AvgIpc) is 2.59. The Kier molecular flexibility index (Phi) is 4.70. The summed E-state index contributed by atoms with van der Waals surface area (Å²) in [5.74, 6) is -0.131. The van der Waals surface area contributed by atoms with Crippen LogP contribution in [0.5, 0.6) is 0 Å². The van der Waals surface area contributed by atoms with Crippen LogP contribution in [0.4, 0.5) is 11.4 Å². The van der Waals surface area contributed by atoms with Gasteiger partial charge in [0.05, 0.1) is 16.1 Å². The maximum Gasteiger partial charge on any atom is 0.269 e. The van der Waals surface area contributed by atoms with Crippen molar-refractivity contribution >= 4 is 28.9 Å². The summed E-state index contributed by atoms with van der Waals surface area (Å²) in [5.41, 5.74) is 4.51. The van der Waals surface area contributed by atoms with Crippen LogP contribution >= 0.6 is 0 Å². The minimum Gasteiger partial charge on any atom is -0.299 e. The molecule has 1 aliphatic heterocycles. The first-order valence-electron chi connectivity index (χ1n) is 8.76. The maximum absolute atomic E-state index is 13.0. The van der Waals surface area contributed by atoms with Gasteiger partial charge in [-0.15, -0.1) is 0 Å². The van der Waals surface area contributed by atoms with Gasteiger partial charge in [-0.3, -0.25) is 19.8 Å². The molecule has 3 rings (SSSR count). The van der Waals surface area contributed by atoms with Gasteiger partial charge in [0.1, 0.15) is 0 Å². The van der Waals surface area contributed by atoms with Crippen LogP contribution in [0.2, 0.25) is 0 Å². The molecule has 0 saturated carbocycles. The third-order valence-corrected chi connectivity index (χ3v) is 4.71. The second-order valence-electron chi connectivity index (χ2n) is 7.36. The van der Waals surface area contributed by atoms with Gasteiger partial charge in [-0.05, 0) is 68.7 Å². The van der Waals surface area contributed by atoms with Crippen LogP contribution in [-0.2, 0) is 4.79 Å². The van der Waals surface area contributed by atoms with Crippen LogP contribution in [0.15, 0.2) is 54.6 Å². The fraction of sp³-hybridized carbons (Fsp3) is 0.227. The highest BCUT2D eigenvalue weighted by Gasteiger charge is 2.34. The predicted molar refractivity (Wildman–Crippen MR) is 109 cm³/mol. The van der Waals surface area contributed by atoms with Crippen molar-refractivity contribution in [3.8, 4) is 0 Å². The number of hydrogen-bond donors (Lipinski definition) is 0. The molecule has 2 aromatic carbocycles. The van der Waals surface area contributed by atoms with Crippen molar-refractivity contribution in [2.24, 2.45) is 0 Å². The number of nitro groups is 1. The molecule has 5 nitrogen and oxygen atoms in total. The highest BCUT2D eigenvalue weighted by atomic mass is 16.6. The molecule has 5 heteroatoms. The Labute approximate surface area is 158 Å². The standard InChI is InChI=1S/C22H22N2O3/c1-15-5-11-19-16(2)14-22(3,4)23(20(19)13-15)21(25)12-8-17-6-9-18(10-7-17)24(26)27/h5-14H,1-4H3. The lowest BCUT2D eigenvalue weighted by Crippen LogP contribution is -2.48. The molecule has 0 radical (unpaired) electrons. The Morgan fingerprint density at radius 3 is 2.41 bits per heavy atom. The lowest BCUT2D eigenvalue weighted by Gasteiger charge is -2.41. The van der Waals surface area contributed by atoms with Gasteiger partial charge in [0.15, 0.2) is 0 Å². The molecule has 1 aliphatic rings. The summed E-state index contributed by atoms with van der Waals surface area (Å²) in [6.45, 7) is 8.10. The number of amides is 1. The number of aryl methyl sites for hydroxylation is 1. The van der Waals surface area contributed by atoms with Gasteiger partial charge in [-0.1, -0.05) is 18.2 Å². The van der Waals surface area contributed by atoms with Crippen molar-refractivity contribution in [2.75, 3.05) is 4.90 Å². The second kappa shape index (κ2) is 6.83. The lowest BCUT2D eigenvalue weighted by atomic mass is 9.88. The van der Waals surface area contributed by atoms with Gasteiger partial charge in [0, 0.05) is 23.8 Å². The number of benzene rings is 2. The van der Waals surface area contributed by atoms with Crippen molar-refractivity contribution in [3.63, 3.8) is 0 Å². The van der Waals surface area contributed by atoms with Gasteiger partial charge in [0.25, 0.3) is 11.6 Å². The summed E-state index contributed by atoms with van der Waals surface area (Å²) in [7, 11) is 0. The number of nitrogens with zero attached hydrogens (tertiary/aromatic N) is 2. The predicted octanol–water partition coefficient (Wildman–Crippen LogP) is 5.15. The largest absolute Gasteiger partial charge is 0.299 e. The van der Waals surface area contributed by atoms with Gasteiger partial charge < -0.3 is 0 Å². The summed E-state index contributed by atoms with van der Waals surface area (Å²) >= 11 is 0. The molecule has 2 aromatic rings. The topological polar surface area (TPSA) is 63.5 Å². The molecule has 0 bridgehead atoms. The van der Waals surface area contributed by atoms with E-state index in [1.807, 2.05) is 39.0 Å². The van der Waals surface area contributed by atoms with E-state index in [1.165, 1.54) is 18.2 Å². The zero-order chi connectivity index (χ0) is 19.8. The number of nitro benzene ring substituents is 1. The Balaban J connectivity index is 1.93. The zero-order valence-electron chi connectivity index (χ0n) is 15.9. The van der Waals surface area contributed by atoms with Crippen LogP contribution in [-0.4, -0.2) is 16.4 Å². The van der Waals surface area contributed by atoms with Crippen molar-refractivity contribution in [3.05, 3.63) is 81.4 Å². The monoisotopic (exact) mass is 362 g/mol. The first-order valence-corrected chi connectivity index (χ1v) is 8.76. The summed E-state index contributed by atoms with van der Waals surface area (Å²) < 4.78 is 0. The van der Waals surface area contributed by atoms with Gasteiger partial charge in [0.2, 0.25) is 0 Å². The molecule has 0 fully saturated rings. The highest BCUT2D eigenvalue weighted by molar-refractivity contribution is 6.08. The molecule has 0 unspecified atom stereocenters.